The first-order valence-electron chi connectivity index (χ1n) is 5.49. The average Bonchev–Trinajstić information content (AvgIpc) is 2.79. The van der Waals surface area contributed by atoms with Crippen LogP contribution in [0.5, 0.6) is 0 Å². The predicted octanol–water partition coefficient (Wildman–Crippen LogP) is 2.19. The van der Waals surface area contributed by atoms with E-state index in [1.165, 1.54) is 0 Å². The molecule has 0 aliphatic heterocycles. The van der Waals surface area contributed by atoms with Crippen molar-refractivity contribution in [1.29, 1.82) is 0 Å². The second kappa shape index (κ2) is 5.25. The molecule has 0 fully saturated rings. The van der Waals surface area contributed by atoms with E-state index in [4.69, 9.17) is 5.73 Å². The van der Waals surface area contributed by atoms with Crippen molar-refractivity contribution < 1.29 is 0 Å². The minimum Gasteiger partial charge on any atom is -0.345 e. The van der Waals surface area contributed by atoms with E-state index in [1.807, 2.05) is 37.6 Å². The molecular weight excluding hydrogens is 232 g/mol. The Hall–Kier alpha value is -1.46. The summed E-state index contributed by atoms with van der Waals surface area (Å²) in [4.78, 5) is 10.9. The van der Waals surface area contributed by atoms with Gasteiger partial charge in [0.15, 0.2) is 5.13 Å². The Labute approximate surface area is 105 Å². The highest BCUT2D eigenvalue weighted by atomic mass is 32.1. The number of pyridine rings is 1. The van der Waals surface area contributed by atoms with E-state index in [9.17, 15) is 0 Å². The van der Waals surface area contributed by atoms with Gasteiger partial charge in [-0.2, -0.15) is 0 Å². The first-order chi connectivity index (χ1) is 8.16. The van der Waals surface area contributed by atoms with Crippen molar-refractivity contribution in [2.24, 2.45) is 5.73 Å². The van der Waals surface area contributed by atoms with Gasteiger partial charge in [-0.3, -0.25) is 4.98 Å². The summed E-state index contributed by atoms with van der Waals surface area (Å²) in [7, 11) is 2.01. The zero-order valence-corrected chi connectivity index (χ0v) is 10.8. The molecule has 0 aliphatic rings. The lowest BCUT2D eigenvalue weighted by atomic mass is 10.3. The Morgan fingerprint density at radius 2 is 2.29 bits per heavy atom. The molecule has 0 saturated heterocycles. The summed E-state index contributed by atoms with van der Waals surface area (Å²) in [6.45, 7) is 2.70. The molecule has 17 heavy (non-hydrogen) atoms. The van der Waals surface area contributed by atoms with Gasteiger partial charge in [0.05, 0.1) is 17.9 Å². The quantitative estimate of drug-likeness (QED) is 0.901. The van der Waals surface area contributed by atoms with Crippen molar-refractivity contribution in [1.82, 2.24) is 9.97 Å². The fourth-order valence-corrected chi connectivity index (χ4v) is 2.36. The number of hydrogen-bond donors (Lipinski definition) is 1. The van der Waals surface area contributed by atoms with E-state index in [1.54, 1.807) is 17.5 Å². The van der Waals surface area contributed by atoms with E-state index < -0.39 is 0 Å². The fourth-order valence-electron chi connectivity index (χ4n) is 1.46. The maximum atomic E-state index is 5.79. The standard InChI is InChI=1S/C12H16N4S/c1-9(13)11-8-17-12(15-11)16(2)7-10-5-3-4-6-14-10/h3-6,8-9H,7,13H2,1-2H3. The lowest BCUT2D eigenvalue weighted by Gasteiger charge is -2.14. The molecule has 1 atom stereocenters. The smallest absolute Gasteiger partial charge is 0.185 e. The molecule has 0 spiro atoms. The zero-order valence-electron chi connectivity index (χ0n) is 10.00. The summed E-state index contributed by atoms with van der Waals surface area (Å²) in [6.07, 6.45) is 1.80. The Bertz CT molecular complexity index is 466. The average molecular weight is 248 g/mol. The third-order valence-electron chi connectivity index (χ3n) is 2.43. The van der Waals surface area contributed by atoms with Gasteiger partial charge in [0.2, 0.25) is 0 Å². The predicted molar refractivity (Wildman–Crippen MR) is 71.1 cm³/mol. The van der Waals surface area contributed by atoms with Crippen LogP contribution < -0.4 is 10.6 Å². The van der Waals surface area contributed by atoms with E-state index >= 15 is 0 Å². The summed E-state index contributed by atoms with van der Waals surface area (Å²) in [5.41, 5.74) is 7.77. The SMILES string of the molecule is CC(N)c1csc(N(C)Cc2ccccn2)n1. The third-order valence-corrected chi connectivity index (χ3v) is 3.40. The van der Waals surface area contributed by atoms with Crippen molar-refractivity contribution in [3.05, 3.63) is 41.2 Å². The van der Waals surface area contributed by atoms with Gasteiger partial charge in [-0.25, -0.2) is 4.98 Å². The second-order valence-corrected chi connectivity index (χ2v) is 4.86. The van der Waals surface area contributed by atoms with Gasteiger partial charge < -0.3 is 10.6 Å². The fraction of sp³-hybridized carbons (Fsp3) is 0.333. The summed E-state index contributed by atoms with van der Waals surface area (Å²) in [6, 6.07) is 5.91. The molecule has 0 aliphatic carbocycles. The molecule has 0 saturated carbocycles. The van der Waals surface area contributed by atoms with Crippen molar-refractivity contribution in [2.45, 2.75) is 19.5 Å². The van der Waals surface area contributed by atoms with Gasteiger partial charge in [0, 0.05) is 24.7 Å². The van der Waals surface area contributed by atoms with Crippen LogP contribution in [0, 0.1) is 0 Å². The topological polar surface area (TPSA) is 55.0 Å². The van der Waals surface area contributed by atoms with Crippen LogP contribution in [0.3, 0.4) is 0 Å². The molecule has 4 nitrogen and oxygen atoms in total. The Morgan fingerprint density at radius 3 is 2.88 bits per heavy atom. The number of nitrogens with two attached hydrogens (primary N) is 1. The third kappa shape index (κ3) is 3.01. The number of rotatable bonds is 4. The van der Waals surface area contributed by atoms with Crippen LogP contribution in [0.25, 0.3) is 0 Å². The molecule has 2 heterocycles. The molecule has 5 heteroatoms. The highest BCUT2D eigenvalue weighted by Gasteiger charge is 2.10. The highest BCUT2D eigenvalue weighted by Crippen LogP contribution is 2.23. The van der Waals surface area contributed by atoms with Crippen molar-refractivity contribution in [3.8, 4) is 0 Å². The van der Waals surface area contributed by atoms with Gasteiger partial charge in [0.25, 0.3) is 0 Å². The first kappa shape index (κ1) is 12.0. The summed E-state index contributed by atoms with van der Waals surface area (Å²) in [5, 5.41) is 2.98. The van der Waals surface area contributed by atoms with Gasteiger partial charge in [0.1, 0.15) is 0 Å². The lowest BCUT2D eigenvalue weighted by Crippen LogP contribution is -2.17. The molecular formula is C12H16N4S. The summed E-state index contributed by atoms with van der Waals surface area (Å²) >= 11 is 1.61. The number of hydrogen-bond acceptors (Lipinski definition) is 5. The molecule has 1 unspecified atom stereocenters. The van der Waals surface area contributed by atoms with Gasteiger partial charge in [-0.15, -0.1) is 11.3 Å². The summed E-state index contributed by atoms with van der Waals surface area (Å²) in [5.74, 6) is 0. The monoisotopic (exact) mass is 248 g/mol. The van der Waals surface area contributed by atoms with E-state index in [2.05, 4.69) is 14.9 Å². The normalized spacial score (nSPS) is 12.4. The van der Waals surface area contributed by atoms with Crippen LogP contribution in [-0.2, 0) is 6.54 Å². The second-order valence-electron chi connectivity index (χ2n) is 4.02. The van der Waals surface area contributed by atoms with Crippen molar-refractivity contribution >= 4 is 16.5 Å². The molecule has 90 valence electrons. The van der Waals surface area contributed by atoms with Crippen LogP contribution in [0.4, 0.5) is 5.13 Å². The minimum atomic E-state index is -0.0109. The van der Waals surface area contributed by atoms with Crippen molar-refractivity contribution in [2.75, 3.05) is 11.9 Å². The van der Waals surface area contributed by atoms with Crippen LogP contribution in [0.15, 0.2) is 29.8 Å². The molecule has 0 radical (unpaired) electrons. The number of thiazole rings is 1. The molecule has 2 N–H and O–H groups in total. The molecule has 0 bridgehead atoms. The largest absolute Gasteiger partial charge is 0.345 e. The van der Waals surface area contributed by atoms with Crippen LogP contribution in [0.2, 0.25) is 0 Å². The molecule has 2 aromatic rings. The molecule has 0 aromatic carbocycles. The first-order valence-corrected chi connectivity index (χ1v) is 6.37. The Morgan fingerprint density at radius 1 is 1.47 bits per heavy atom. The maximum Gasteiger partial charge on any atom is 0.185 e. The van der Waals surface area contributed by atoms with E-state index in [-0.39, 0.29) is 6.04 Å². The minimum absolute atomic E-state index is 0.0109. The van der Waals surface area contributed by atoms with Crippen LogP contribution in [-0.4, -0.2) is 17.0 Å². The highest BCUT2D eigenvalue weighted by molar-refractivity contribution is 7.13. The summed E-state index contributed by atoms with van der Waals surface area (Å²) < 4.78 is 0. The lowest BCUT2D eigenvalue weighted by molar-refractivity contribution is 0.782. The van der Waals surface area contributed by atoms with Crippen LogP contribution >= 0.6 is 11.3 Å². The Kier molecular flexibility index (Phi) is 3.71. The maximum absolute atomic E-state index is 5.79. The number of anilines is 1. The molecule has 2 rings (SSSR count). The van der Waals surface area contributed by atoms with Crippen LogP contribution in [0.1, 0.15) is 24.4 Å². The van der Waals surface area contributed by atoms with E-state index in [0.717, 1.165) is 23.1 Å². The van der Waals surface area contributed by atoms with Gasteiger partial charge in [-0.1, -0.05) is 6.07 Å². The van der Waals surface area contributed by atoms with Gasteiger partial charge >= 0.3 is 0 Å². The molecule has 2 aromatic heterocycles. The Balaban J connectivity index is 2.07. The van der Waals surface area contributed by atoms with Gasteiger partial charge in [-0.05, 0) is 19.1 Å². The number of nitrogens with zero attached hydrogens (tertiary/aromatic N) is 3. The number of aromatic nitrogens is 2. The van der Waals surface area contributed by atoms with Crippen molar-refractivity contribution in [3.63, 3.8) is 0 Å². The van der Waals surface area contributed by atoms with E-state index in [0.29, 0.717) is 0 Å². The zero-order chi connectivity index (χ0) is 12.3. The molecule has 0 amide bonds.